The minimum atomic E-state index is -0.226. The fourth-order valence-corrected chi connectivity index (χ4v) is 4.53. The van der Waals surface area contributed by atoms with Gasteiger partial charge in [0.1, 0.15) is 5.75 Å². The molecule has 0 saturated heterocycles. The van der Waals surface area contributed by atoms with Gasteiger partial charge in [-0.05, 0) is 49.4 Å². The standard InChI is InChI=1S/C21H30N4O2S/c1-13-7-6-8-18(14(13)2)22-20(26)15(3)28-21-24-23-19(25(21)4)16-9-11-17(27-5)12-10-16/h9-15,18H,6-8H2,1-5H3,(H,22,26)/t13-,14-,15-,18+/m1/s1. The number of aromatic nitrogens is 3. The molecule has 28 heavy (non-hydrogen) atoms. The van der Waals surface area contributed by atoms with E-state index in [0.717, 1.165) is 28.7 Å². The minimum Gasteiger partial charge on any atom is -0.497 e. The Bertz CT molecular complexity index is 805. The van der Waals surface area contributed by atoms with Crippen molar-refractivity contribution in [1.29, 1.82) is 0 Å². The highest BCUT2D eigenvalue weighted by atomic mass is 32.2. The van der Waals surface area contributed by atoms with E-state index in [0.29, 0.717) is 11.8 Å². The van der Waals surface area contributed by atoms with Gasteiger partial charge in [0.25, 0.3) is 0 Å². The van der Waals surface area contributed by atoms with Crippen molar-refractivity contribution < 1.29 is 9.53 Å². The number of methoxy groups -OCH3 is 1. The first-order valence-corrected chi connectivity index (χ1v) is 10.8. The van der Waals surface area contributed by atoms with E-state index in [2.05, 4.69) is 29.4 Å². The lowest BCUT2D eigenvalue weighted by Crippen LogP contribution is -2.46. The summed E-state index contributed by atoms with van der Waals surface area (Å²) in [4.78, 5) is 12.7. The maximum atomic E-state index is 12.7. The molecule has 1 aromatic carbocycles. The fourth-order valence-electron chi connectivity index (χ4n) is 3.71. The number of hydrogen-bond donors (Lipinski definition) is 1. The number of nitrogens with zero attached hydrogens (tertiary/aromatic N) is 3. The molecule has 1 N–H and O–H groups in total. The highest BCUT2D eigenvalue weighted by molar-refractivity contribution is 8.00. The van der Waals surface area contributed by atoms with Crippen molar-refractivity contribution in [3.63, 3.8) is 0 Å². The lowest BCUT2D eigenvalue weighted by atomic mass is 9.78. The minimum absolute atomic E-state index is 0.0740. The van der Waals surface area contributed by atoms with E-state index in [9.17, 15) is 4.79 Å². The van der Waals surface area contributed by atoms with Gasteiger partial charge in [-0.1, -0.05) is 38.5 Å². The molecular weight excluding hydrogens is 372 g/mol. The zero-order valence-electron chi connectivity index (χ0n) is 17.3. The Morgan fingerprint density at radius 2 is 1.96 bits per heavy atom. The molecule has 7 heteroatoms. The van der Waals surface area contributed by atoms with Crippen LogP contribution in [0.1, 0.15) is 40.0 Å². The summed E-state index contributed by atoms with van der Waals surface area (Å²) in [6.45, 7) is 6.45. The van der Waals surface area contributed by atoms with E-state index >= 15 is 0 Å². The molecule has 1 heterocycles. The molecule has 1 fully saturated rings. The summed E-state index contributed by atoms with van der Waals surface area (Å²) in [5.74, 6) is 2.83. The van der Waals surface area contributed by atoms with Gasteiger partial charge in [-0.2, -0.15) is 0 Å². The van der Waals surface area contributed by atoms with Gasteiger partial charge in [0.15, 0.2) is 11.0 Å². The van der Waals surface area contributed by atoms with E-state index in [1.807, 2.05) is 42.8 Å². The zero-order chi connectivity index (χ0) is 20.3. The lowest BCUT2D eigenvalue weighted by Gasteiger charge is -2.35. The molecule has 1 aromatic heterocycles. The third-order valence-corrected chi connectivity index (χ3v) is 7.00. The normalized spacial score (nSPS) is 23.2. The molecule has 1 aliphatic rings. The van der Waals surface area contributed by atoms with Gasteiger partial charge in [-0.25, -0.2) is 0 Å². The summed E-state index contributed by atoms with van der Waals surface area (Å²) >= 11 is 1.44. The molecule has 1 amide bonds. The topological polar surface area (TPSA) is 69.0 Å². The number of thioether (sulfide) groups is 1. The van der Waals surface area contributed by atoms with E-state index in [4.69, 9.17) is 4.74 Å². The average Bonchev–Trinajstić information content (AvgIpc) is 3.05. The second kappa shape index (κ2) is 8.99. The quantitative estimate of drug-likeness (QED) is 0.742. The van der Waals surface area contributed by atoms with Crippen LogP contribution >= 0.6 is 11.8 Å². The molecule has 2 aromatic rings. The number of carbonyl (C=O) groups is 1. The van der Waals surface area contributed by atoms with E-state index in [1.165, 1.54) is 24.6 Å². The van der Waals surface area contributed by atoms with Gasteiger partial charge in [0.05, 0.1) is 12.4 Å². The van der Waals surface area contributed by atoms with Crippen molar-refractivity contribution in [1.82, 2.24) is 20.1 Å². The smallest absolute Gasteiger partial charge is 0.233 e. The molecule has 0 spiro atoms. The molecule has 0 aliphatic heterocycles. The monoisotopic (exact) mass is 402 g/mol. The Labute approximate surface area is 171 Å². The Hall–Kier alpha value is -2.02. The predicted octanol–water partition coefficient (Wildman–Crippen LogP) is 3.91. The van der Waals surface area contributed by atoms with Crippen molar-refractivity contribution in [2.75, 3.05) is 7.11 Å². The van der Waals surface area contributed by atoms with Gasteiger partial charge < -0.3 is 14.6 Å². The number of amides is 1. The van der Waals surface area contributed by atoms with Crippen LogP contribution in [-0.2, 0) is 11.8 Å². The van der Waals surface area contributed by atoms with Crippen LogP contribution in [0.2, 0.25) is 0 Å². The molecule has 4 atom stereocenters. The molecule has 0 radical (unpaired) electrons. The van der Waals surface area contributed by atoms with E-state index in [-0.39, 0.29) is 17.2 Å². The first-order chi connectivity index (χ1) is 13.4. The molecule has 0 unspecified atom stereocenters. The number of nitrogens with one attached hydrogen (secondary N) is 1. The maximum absolute atomic E-state index is 12.7. The van der Waals surface area contributed by atoms with Crippen LogP contribution in [0.25, 0.3) is 11.4 Å². The first-order valence-electron chi connectivity index (χ1n) is 9.91. The third kappa shape index (κ3) is 4.51. The first kappa shape index (κ1) is 20.7. The maximum Gasteiger partial charge on any atom is 0.233 e. The zero-order valence-corrected chi connectivity index (χ0v) is 18.1. The molecule has 6 nitrogen and oxygen atoms in total. The molecule has 3 rings (SSSR count). The third-order valence-electron chi connectivity index (χ3n) is 5.87. The van der Waals surface area contributed by atoms with Gasteiger partial charge in [0.2, 0.25) is 5.91 Å². The van der Waals surface area contributed by atoms with Crippen molar-refractivity contribution >= 4 is 17.7 Å². The van der Waals surface area contributed by atoms with Crippen LogP contribution in [0.3, 0.4) is 0 Å². The van der Waals surface area contributed by atoms with Crippen molar-refractivity contribution in [3.05, 3.63) is 24.3 Å². The fraction of sp³-hybridized carbons (Fsp3) is 0.571. The summed E-state index contributed by atoms with van der Waals surface area (Å²) in [5, 5.41) is 12.4. The molecule has 1 saturated carbocycles. The number of rotatable bonds is 6. The predicted molar refractivity (Wildman–Crippen MR) is 112 cm³/mol. The number of hydrogen-bond acceptors (Lipinski definition) is 5. The summed E-state index contributed by atoms with van der Waals surface area (Å²) < 4.78 is 7.14. The SMILES string of the molecule is COc1ccc(-c2nnc(S[C@H](C)C(=O)N[C@H]3CCC[C@@H](C)[C@H]3C)n2C)cc1. The molecule has 1 aliphatic carbocycles. The van der Waals surface area contributed by atoms with Gasteiger partial charge in [-0.3, -0.25) is 4.79 Å². The van der Waals surface area contributed by atoms with Crippen molar-refractivity contribution in [2.45, 2.75) is 56.5 Å². The van der Waals surface area contributed by atoms with Gasteiger partial charge in [-0.15, -0.1) is 10.2 Å². The van der Waals surface area contributed by atoms with E-state index in [1.54, 1.807) is 7.11 Å². The van der Waals surface area contributed by atoms with Crippen LogP contribution in [0.5, 0.6) is 5.75 Å². The second-order valence-corrected chi connectivity index (χ2v) is 9.04. The Balaban J connectivity index is 1.64. The van der Waals surface area contributed by atoms with Crippen LogP contribution in [0.15, 0.2) is 29.4 Å². The van der Waals surface area contributed by atoms with Crippen molar-refractivity contribution in [3.8, 4) is 17.1 Å². The highest BCUT2D eigenvalue weighted by Crippen LogP contribution is 2.31. The largest absolute Gasteiger partial charge is 0.497 e. The molecular formula is C21H30N4O2S. The summed E-state index contributed by atoms with van der Waals surface area (Å²) in [5.41, 5.74) is 0.963. The molecule has 0 bridgehead atoms. The van der Waals surface area contributed by atoms with Gasteiger partial charge >= 0.3 is 0 Å². The van der Waals surface area contributed by atoms with Crippen LogP contribution in [0.4, 0.5) is 0 Å². The number of benzene rings is 1. The van der Waals surface area contributed by atoms with Crippen LogP contribution < -0.4 is 10.1 Å². The Morgan fingerprint density at radius 3 is 2.64 bits per heavy atom. The van der Waals surface area contributed by atoms with E-state index < -0.39 is 0 Å². The Morgan fingerprint density at radius 1 is 1.25 bits per heavy atom. The summed E-state index contributed by atoms with van der Waals surface area (Å²) in [6, 6.07) is 7.99. The van der Waals surface area contributed by atoms with Crippen LogP contribution in [-0.4, -0.2) is 39.1 Å². The summed E-state index contributed by atoms with van der Waals surface area (Å²) in [6.07, 6.45) is 3.51. The Kier molecular flexibility index (Phi) is 6.65. The van der Waals surface area contributed by atoms with Gasteiger partial charge in [0, 0.05) is 18.7 Å². The average molecular weight is 403 g/mol. The summed E-state index contributed by atoms with van der Waals surface area (Å²) in [7, 11) is 3.57. The number of carbonyl (C=O) groups excluding carboxylic acids is 1. The molecule has 152 valence electrons. The second-order valence-electron chi connectivity index (χ2n) is 7.74. The lowest BCUT2D eigenvalue weighted by molar-refractivity contribution is -0.121. The number of ether oxygens (including phenoxy) is 1. The highest BCUT2D eigenvalue weighted by Gasteiger charge is 2.30. The van der Waals surface area contributed by atoms with Crippen molar-refractivity contribution in [2.24, 2.45) is 18.9 Å². The van der Waals surface area contributed by atoms with Crippen LogP contribution in [0, 0.1) is 11.8 Å².